The molecule has 0 aliphatic carbocycles. The topological polar surface area (TPSA) is 48.4 Å². The molecule has 1 aromatic carbocycles. The summed E-state index contributed by atoms with van der Waals surface area (Å²) in [6.45, 7) is 3.38. The molecule has 1 heterocycles. The Morgan fingerprint density at radius 1 is 1.29 bits per heavy atom. The zero-order chi connectivity index (χ0) is 15.4. The van der Waals surface area contributed by atoms with E-state index in [4.69, 9.17) is 9.47 Å². The number of pyridine rings is 1. The minimum absolute atomic E-state index is 0.127. The molecule has 5 heteroatoms. The van der Waals surface area contributed by atoms with Crippen molar-refractivity contribution in [3.63, 3.8) is 0 Å². The maximum absolute atomic E-state index is 13.3. The Kier molecular flexibility index (Phi) is 4.52. The third-order valence-electron chi connectivity index (χ3n) is 2.91. The molecule has 0 unspecified atom stereocenters. The lowest BCUT2D eigenvalue weighted by Gasteiger charge is -2.11. The molecule has 110 valence electrons. The summed E-state index contributed by atoms with van der Waals surface area (Å²) in [5.41, 5.74) is 1.78. The van der Waals surface area contributed by atoms with E-state index in [1.807, 2.05) is 6.92 Å². The van der Waals surface area contributed by atoms with Crippen LogP contribution in [0.1, 0.15) is 28.7 Å². The number of carbonyl (C=O) groups excluding carboxylic acids is 1. The van der Waals surface area contributed by atoms with Gasteiger partial charge in [0.25, 0.3) is 0 Å². The van der Waals surface area contributed by atoms with Crippen LogP contribution in [0.5, 0.6) is 11.5 Å². The minimum atomic E-state index is -0.454. The second-order valence-electron chi connectivity index (χ2n) is 4.63. The molecule has 2 rings (SSSR count). The van der Waals surface area contributed by atoms with Crippen molar-refractivity contribution in [2.45, 2.75) is 20.5 Å². The third kappa shape index (κ3) is 3.78. The predicted molar refractivity (Wildman–Crippen MR) is 76.3 cm³/mol. The molecule has 0 aliphatic rings. The van der Waals surface area contributed by atoms with Crippen LogP contribution in [0.2, 0.25) is 0 Å². The third-order valence-corrected chi connectivity index (χ3v) is 2.91. The number of aryl methyl sites for hydroxylation is 1. The molecule has 0 amide bonds. The summed E-state index contributed by atoms with van der Waals surface area (Å²) >= 11 is 0. The number of hydrogen-bond acceptors (Lipinski definition) is 4. The molecule has 0 aliphatic heterocycles. The number of rotatable bonds is 5. The summed E-state index contributed by atoms with van der Waals surface area (Å²) in [5, 5.41) is 0. The second kappa shape index (κ2) is 6.35. The van der Waals surface area contributed by atoms with E-state index in [1.165, 1.54) is 25.1 Å². The van der Waals surface area contributed by atoms with Crippen molar-refractivity contribution < 1.29 is 18.7 Å². The van der Waals surface area contributed by atoms with Gasteiger partial charge in [-0.15, -0.1) is 0 Å². The van der Waals surface area contributed by atoms with Crippen LogP contribution in [0.4, 0.5) is 4.39 Å². The SMILES string of the molecule is COc1cc(C)nc(COc2cc(F)ccc2C(C)=O)c1. The van der Waals surface area contributed by atoms with Crippen molar-refractivity contribution in [2.75, 3.05) is 7.11 Å². The van der Waals surface area contributed by atoms with Crippen LogP contribution >= 0.6 is 0 Å². The summed E-state index contributed by atoms with van der Waals surface area (Å²) in [6, 6.07) is 7.38. The summed E-state index contributed by atoms with van der Waals surface area (Å²) < 4.78 is 24.0. The highest BCUT2D eigenvalue weighted by Gasteiger charge is 2.11. The van der Waals surface area contributed by atoms with Gasteiger partial charge in [0.05, 0.1) is 18.4 Å². The standard InChI is InChI=1S/C16H16FNO3/c1-10-6-14(20-3)8-13(18-10)9-21-16-7-12(17)4-5-15(16)11(2)19/h4-8H,9H2,1-3H3. The van der Waals surface area contributed by atoms with Crippen molar-refractivity contribution in [1.29, 1.82) is 0 Å². The van der Waals surface area contributed by atoms with Crippen LogP contribution < -0.4 is 9.47 Å². The molecule has 0 radical (unpaired) electrons. The number of benzene rings is 1. The fourth-order valence-corrected chi connectivity index (χ4v) is 1.95. The Labute approximate surface area is 122 Å². The average molecular weight is 289 g/mol. The molecular weight excluding hydrogens is 273 g/mol. The number of ether oxygens (including phenoxy) is 2. The Hall–Kier alpha value is -2.43. The maximum Gasteiger partial charge on any atom is 0.163 e. The molecule has 1 aromatic heterocycles. The Morgan fingerprint density at radius 2 is 2.05 bits per heavy atom. The molecule has 0 N–H and O–H groups in total. The first-order valence-corrected chi connectivity index (χ1v) is 6.44. The molecule has 0 saturated carbocycles. The number of halogens is 1. The first kappa shape index (κ1) is 15.0. The van der Waals surface area contributed by atoms with Gasteiger partial charge < -0.3 is 9.47 Å². The van der Waals surface area contributed by atoms with Gasteiger partial charge in [0, 0.05) is 23.9 Å². The summed E-state index contributed by atoms with van der Waals surface area (Å²) in [4.78, 5) is 15.8. The van der Waals surface area contributed by atoms with Crippen molar-refractivity contribution in [3.05, 3.63) is 53.1 Å². The van der Waals surface area contributed by atoms with E-state index in [1.54, 1.807) is 19.2 Å². The van der Waals surface area contributed by atoms with Crippen LogP contribution in [0.25, 0.3) is 0 Å². The molecule has 21 heavy (non-hydrogen) atoms. The zero-order valence-electron chi connectivity index (χ0n) is 12.1. The molecule has 0 fully saturated rings. The van der Waals surface area contributed by atoms with Gasteiger partial charge in [-0.05, 0) is 26.0 Å². The van der Waals surface area contributed by atoms with Gasteiger partial charge in [-0.1, -0.05) is 0 Å². The fraction of sp³-hybridized carbons (Fsp3) is 0.250. The summed E-state index contributed by atoms with van der Waals surface area (Å²) in [7, 11) is 1.57. The largest absolute Gasteiger partial charge is 0.497 e. The Morgan fingerprint density at radius 3 is 2.71 bits per heavy atom. The molecule has 4 nitrogen and oxygen atoms in total. The molecular formula is C16H16FNO3. The Bertz CT molecular complexity index is 671. The number of hydrogen-bond donors (Lipinski definition) is 0. The number of ketones is 1. The van der Waals surface area contributed by atoms with E-state index in [0.717, 1.165) is 5.69 Å². The number of aromatic nitrogens is 1. The quantitative estimate of drug-likeness (QED) is 0.792. The molecule has 2 aromatic rings. The van der Waals surface area contributed by atoms with Crippen molar-refractivity contribution >= 4 is 5.78 Å². The van der Waals surface area contributed by atoms with E-state index in [0.29, 0.717) is 17.0 Å². The highest BCUT2D eigenvalue weighted by Crippen LogP contribution is 2.22. The number of carbonyl (C=O) groups is 1. The molecule has 0 bridgehead atoms. The van der Waals surface area contributed by atoms with Gasteiger partial charge in [-0.3, -0.25) is 9.78 Å². The highest BCUT2D eigenvalue weighted by atomic mass is 19.1. The van der Waals surface area contributed by atoms with Crippen LogP contribution in [-0.2, 0) is 6.61 Å². The van der Waals surface area contributed by atoms with Crippen molar-refractivity contribution in [3.8, 4) is 11.5 Å². The van der Waals surface area contributed by atoms with Gasteiger partial charge in [-0.25, -0.2) is 4.39 Å². The first-order chi connectivity index (χ1) is 9.99. The predicted octanol–water partition coefficient (Wildman–Crippen LogP) is 3.32. The van der Waals surface area contributed by atoms with Gasteiger partial charge in [-0.2, -0.15) is 0 Å². The first-order valence-electron chi connectivity index (χ1n) is 6.44. The maximum atomic E-state index is 13.3. The van der Waals surface area contributed by atoms with Crippen LogP contribution in [-0.4, -0.2) is 17.9 Å². The lowest BCUT2D eigenvalue weighted by Crippen LogP contribution is -2.04. The average Bonchev–Trinajstić information content (AvgIpc) is 2.44. The number of Topliss-reactive ketones (excluding diaryl/α,β-unsaturated/α-hetero) is 1. The zero-order valence-corrected chi connectivity index (χ0v) is 12.1. The lowest BCUT2D eigenvalue weighted by atomic mass is 10.1. The molecule has 0 spiro atoms. The van der Waals surface area contributed by atoms with E-state index in [9.17, 15) is 9.18 Å². The van der Waals surface area contributed by atoms with E-state index in [-0.39, 0.29) is 18.1 Å². The number of nitrogens with zero attached hydrogens (tertiary/aromatic N) is 1. The van der Waals surface area contributed by atoms with E-state index in [2.05, 4.69) is 4.98 Å². The smallest absolute Gasteiger partial charge is 0.163 e. The Balaban J connectivity index is 2.22. The number of methoxy groups -OCH3 is 1. The monoisotopic (exact) mass is 289 g/mol. The molecule has 0 atom stereocenters. The van der Waals surface area contributed by atoms with Crippen LogP contribution in [0.3, 0.4) is 0 Å². The summed E-state index contributed by atoms with van der Waals surface area (Å²) in [6.07, 6.45) is 0. The summed E-state index contributed by atoms with van der Waals surface area (Å²) in [5.74, 6) is 0.251. The van der Waals surface area contributed by atoms with Gasteiger partial charge >= 0.3 is 0 Å². The van der Waals surface area contributed by atoms with Gasteiger partial charge in [0.15, 0.2) is 5.78 Å². The molecule has 0 saturated heterocycles. The van der Waals surface area contributed by atoms with Gasteiger partial charge in [0.2, 0.25) is 0 Å². The normalized spacial score (nSPS) is 10.3. The van der Waals surface area contributed by atoms with Gasteiger partial charge in [0.1, 0.15) is 23.9 Å². The van der Waals surface area contributed by atoms with E-state index >= 15 is 0 Å². The highest BCUT2D eigenvalue weighted by molar-refractivity contribution is 5.96. The van der Waals surface area contributed by atoms with Crippen molar-refractivity contribution in [2.24, 2.45) is 0 Å². The van der Waals surface area contributed by atoms with Crippen LogP contribution in [0.15, 0.2) is 30.3 Å². The fourth-order valence-electron chi connectivity index (χ4n) is 1.95. The lowest BCUT2D eigenvalue weighted by molar-refractivity contribution is 0.101. The minimum Gasteiger partial charge on any atom is -0.497 e. The van der Waals surface area contributed by atoms with Crippen LogP contribution in [0, 0.1) is 12.7 Å². The van der Waals surface area contributed by atoms with E-state index < -0.39 is 5.82 Å². The van der Waals surface area contributed by atoms with Crippen molar-refractivity contribution in [1.82, 2.24) is 4.98 Å². The second-order valence-corrected chi connectivity index (χ2v) is 4.63.